The van der Waals surface area contributed by atoms with Crippen molar-refractivity contribution < 1.29 is 29.1 Å². The smallest absolute Gasteiger partial charge is 0.325 e. The summed E-state index contributed by atoms with van der Waals surface area (Å²) in [5.41, 5.74) is 11.9. The van der Waals surface area contributed by atoms with Gasteiger partial charge in [-0.15, -0.1) is 0 Å². The van der Waals surface area contributed by atoms with E-state index in [1.54, 1.807) is 37.3 Å². The van der Waals surface area contributed by atoms with Gasteiger partial charge in [0.05, 0.1) is 6.04 Å². The Labute approximate surface area is 199 Å². The standard InChI is InChI=1S/C23H35N5O6/c1-4-13(2)19(25)22(32)27-16(10-11-18(24)29)20(30)28-17(12-15-8-6-5-7-9-15)21(31)26-14(3)23(33)34/h5-9,13-14,16-17,19H,4,10-12,25H2,1-3H3,(H2,24,29)(H,26,31)(H,27,32)(H,28,30)(H,33,34). The third-order valence-corrected chi connectivity index (χ3v) is 5.52. The summed E-state index contributed by atoms with van der Waals surface area (Å²) in [5, 5.41) is 16.6. The lowest BCUT2D eigenvalue weighted by molar-refractivity contribution is -0.141. The van der Waals surface area contributed by atoms with E-state index in [0.29, 0.717) is 6.42 Å². The van der Waals surface area contributed by atoms with Gasteiger partial charge in [-0.2, -0.15) is 0 Å². The first-order valence-electron chi connectivity index (χ1n) is 11.2. The third kappa shape index (κ3) is 9.57. The fourth-order valence-electron chi connectivity index (χ4n) is 3.04. The molecule has 0 saturated carbocycles. The van der Waals surface area contributed by atoms with E-state index >= 15 is 0 Å². The highest BCUT2D eigenvalue weighted by atomic mass is 16.4. The third-order valence-electron chi connectivity index (χ3n) is 5.52. The first-order valence-corrected chi connectivity index (χ1v) is 11.2. The van der Waals surface area contributed by atoms with Crippen molar-refractivity contribution >= 4 is 29.6 Å². The second-order valence-corrected chi connectivity index (χ2v) is 8.30. The first kappa shape index (κ1) is 28.6. The lowest BCUT2D eigenvalue weighted by Crippen LogP contribution is -2.58. The van der Waals surface area contributed by atoms with Gasteiger partial charge in [-0.05, 0) is 24.8 Å². The minimum atomic E-state index is -1.23. The molecule has 0 spiro atoms. The molecule has 34 heavy (non-hydrogen) atoms. The normalized spacial score (nSPS) is 15.2. The zero-order valence-corrected chi connectivity index (χ0v) is 19.7. The van der Waals surface area contributed by atoms with Crippen molar-refractivity contribution in [3.8, 4) is 0 Å². The summed E-state index contributed by atoms with van der Waals surface area (Å²) in [6, 6.07) is 4.48. The Morgan fingerprint density at radius 1 is 0.912 bits per heavy atom. The van der Waals surface area contributed by atoms with Crippen molar-refractivity contribution in [1.82, 2.24) is 16.0 Å². The molecule has 8 N–H and O–H groups in total. The van der Waals surface area contributed by atoms with Gasteiger partial charge in [0, 0.05) is 12.8 Å². The van der Waals surface area contributed by atoms with E-state index in [9.17, 15) is 24.0 Å². The number of amides is 4. The Balaban J connectivity index is 3.08. The van der Waals surface area contributed by atoms with Crippen LogP contribution in [0.4, 0.5) is 0 Å². The number of nitrogens with one attached hydrogen (secondary N) is 3. The zero-order chi connectivity index (χ0) is 25.8. The molecule has 188 valence electrons. The summed E-state index contributed by atoms with van der Waals surface area (Å²) >= 11 is 0. The number of carboxylic acid groups (broad SMARTS) is 1. The van der Waals surface area contributed by atoms with E-state index in [0.717, 1.165) is 5.56 Å². The number of hydrogen-bond donors (Lipinski definition) is 6. The van der Waals surface area contributed by atoms with Crippen LogP contribution in [-0.4, -0.2) is 58.9 Å². The molecule has 0 aliphatic heterocycles. The second kappa shape index (κ2) is 13.9. The Hall–Kier alpha value is -3.47. The van der Waals surface area contributed by atoms with Gasteiger partial charge in [0.15, 0.2) is 0 Å². The van der Waals surface area contributed by atoms with Crippen LogP contribution in [0.3, 0.4) is 0 Å². The summed E-state index contributed by atoms with van der Waals surface area (Å²) in [6.07, 6.45) is 0.454. The van der Waals surface area contributed by atoms with Crippen molar-refractivity contribution in [3.05, 3.63) is 35.9 Å². The molecule has 0 aliphatic rings. The quantitative estimate of drug-likeness (QED) is 0.206. The molecular formula is C23H35N5O6. The van der Waals surface area contributed by atoms with Crippen LogP contribution in [0.5, 0.6) is 0 Å². The number of carboxylic acids is 1. The number of aliphatic carboxylic acids is 1. The van der Waals surface area contributed by atoms with Crippen LogP contribution in [-0.2, 0) is 30.4 Å². The number of carbonyl (C=O) groups is 5. The molecule has 0 radical (unpaired) electrons. The fraction of sp³-hybridized carbons (Fsp3) is 0.522. The lowest BCUT2D eigenvalue weighted by Gasteiger charge is -2.25. The number of nitrogens with two attached hydrogens (primary N) is 2. The van der Waals surface area contributed by atoms with Crippen molar-refractivity contribution in [1.29, 1.82) is 0 Å². The summed E-state index contributed by atoms with van der Waals surface area (Å²) in [6.45, 7) is 4.97. The van der Waals surface area contributed by atoms with Gasteiger partial charge < -0.3 is 32.5 Å². The Kier molecular flexibility index (Phi) is 11.7. The fourth-order valence-corrected chi connectivity index (χ4v) is 3.04. The average molecular weight is 478 g/mol. The summed E-state index contributed by atoms with van der Waals surface area (Å²) in [7, 11) is 0. The SMILES string of the molecule is CCC(C)C(N)C(=O)NC(CCC(N)=O)C(=O)NC(Cc1ccccc1)C(=O)NC(C)C(=O)O. The van der Waals surface area contributed by atoms with E-state index in [1.807, 2.05) is 6.92 Å². The molecular weight excluding hydrogens is 442 g/mol. The zero-order valence-electron chi connectivity index (χ0n) is 19.7. The van der Waals surface area contributed by atoms with Crippen LogP contribution < -0.4 is 27.4 Å². The molecule has 1 aromatic carbocycles. The molecule has 11 heteroatoms. The molecule has 0 aliphatic carbocycles. The summed E-state index contributed by atoms with van der Waals surface area (Å²) < 4.78 is 0. The summed E-state index contributed by atoms with van der Waals surface area (Å²) in [5.74, 6) is -4.03. The molecule has 4 amide bonds. The van der Waals surface area contributed by atoms with Crippen LogP contribution in [0.1, 0.15) is 45.6 Å². The molecule has 0 aromatic heterocycles. The maximum Gasteiger partial charge on any atom is 0.325 e. The highest BCUT2D eigenvalue weighted by Crippen LogP contribution is 2.08. The van der Waals surface area contributed by atoms with Gasteiger partial charge in [-0.3, -0.25) is 24.0 Å². The highest BCUT2D eigenvalue weighted by Gasteiger charge is 2.30. The minimum absolute atomic E-state index is 0.0770. The lowest BCUT2D eigenvalue weighted by atomic mass is 9.98. The van der Waals surface area contributed by atoms with Crippen molar-refractivity contribution in [2.45, 2.75) is 70.6 Å². The largest absolute Gasteiger partial charge is 0.480 e. The topological polar surface area (TPSA) is 194 Å². The van der Waals surface area contributed by atoms with Crippen LogP contribution >= 0.6 is 0 Å². The average Bonchev–Trinajstić information content (AvgIpc) is 2.80. The summed E-state index contributed by atoms with van der Waals surface area (Å²) in [4.78, 5) is 60.8. The molecule has 0 heterocycles. The Morgan fingerprint density at radius 2 is 1.47 bits per heavy atom. The number of rotatable bonds is 14. The first-order chi connectivity index (χ1) is 16.0. The molecule has 11 nitrogen and oxygen atoms in total. The van der Waals surface area contributed by atoms with Crippen LogP contribution in [0.2, 0.25) is 0 Å². The van der Waals surface area contributed by atoms with Gasteiger partial charge in [-0.25, -0.2) is 0 Å². The molecule has 1 rings (SSSR count). The van der Waals surface area contributed by atoms with E-state index in [2.05, 4.69) is 16.0 Å². The van der Waals surface area contributed by atoms with Crippen molar-refractivity contribution in [2.24, 2.45) is 17.4 Å². The van der Waals surface area contributed by atoms with Gasteiger partial charge >= 0.3 is 5.97 Å². The Morgan fingerprint density at radius 3 is 2.00 bits per heavy atom. The molecule has 5 unspecified atom stereocenters. The van der Waals surface area contributed by atoms with Crippen molar-refractivity contribution in [2.75, 3.05) is 0 Å². The van der Waals surface area contributed by atoms with Crippen LogP contribution in [0.25, 0.3) is 0 Å². The van der Waals surface area contributed by atoms with Crippen LogP contribution in [0.15, 0.2) is 30.3 Å². The number of carbonyl (C=O) groups excluding carboxylic acids is 4. The maximum atomic E-state index is 13.1. The number of hydrogen-bond acceptors (Lipinski definition) is 6. The predicted octanol–water partition coefficient (Wildman–Crippen LogP) is -0.573. The van der Waals surface area contributed by atoms with E-state index in [1.165, 1.54) is 6.92 Å². The van der Waals surface area contributed by atoms with Gasteiger partial charge in [0.1, 0.15) is 18.1 Å². The Bertz CT molecular complexity index is 863. The molecule has 0 saturated heterocycles. The number of primary amides is 1. The molecule has 0 fully saturated rings. The van der Waals surface area contributed by atoms with Gasteiger partial charge in [0.25, 0.3) is 0 Å². The predicted molar refractivity (Wildman–Crippen MR) is 125 cm³/mol. The van der Waals surface area contributed by atoms with E-state index in [-0.39, 0.29) is 25.2 Å². The second-order valence-electron chi connectivity index (χ2n) is 8.30. The van der Waals surface area contributed by atoms with Crippen molar-refractivity contribution in [3.63, 3.8) is 0 Å². The highest BCUT2D eigenvalue weighted by molar-refractivity contribution is 5.94. The maximum absolute atomic E-state index is 13.1. The monoisotopic (exact) mass is 477 g/mol. The van der Waals surface area contributed by atoms with Crippen LogP contribution in [0, 0.1) is 5.92 Å². The van der Waals surface area contributed by atoms with Gasteiger partial charge in [0.2, 0.25) is 23.6 Å². The van der Waals surface area contributed by atoms with Gasteiger partial charge in [-0.1, -0.05) is 50.6 Å². The minimum Gasteiger partial charge on any atom is -0.480 e. The van der Waals surface area contributed by atoms with E-state index < -0.39 is 53.8 Å². The number of benzene rings is 1. The van der Waals surface area contributed by atoms with E-state index in [4.69, 9.17) is 16.6 Å². The molecule has 1 aromatic rings. The molecule has 5 atom stereocenters. The molecule has 0 bridgehead atoms.